The maximum absolute atomic E-state index is 12.4. The second kappa shape index (κ2) is 10.0. The molecule has 0 saturated carbocycles. The lowest BCUT2D eigenvalue weighted by atomic mass is 10.0. The van der Waals surface area contributed by atoms with E-state index in [9.17, 15) is 9.59 Å². The van der Waals surface area contributed by atoms with Gasteiger partial charge in [0.15, 0.2) is 11.2 Å². The van der Waals surface area contributed by atoms with Crippen LogP contribution in [0.1, 0.15) is 12.5 Å². The minimum atomic E-state index is -0.921. The Morgan fingerprint density at radius 2 is 1.47 bits per heavy atom. The molecule has 160 valence electrons. The normalized spacial score (nSPS) is 11.5. The monoisotopic (exact) mass is 442 g/mol. The Morgan fingerprint density at radius 1 is 0.875 bits per heavy atom. The lowest BCUT2D eigenvalue weighted by molar-refractivity contribution is -0.152. The van der Waals surface area contributed by atoms with E-state index < -0.39 is 18.0 Å². The predicted molar refractivity (Wildman–Crippen MR) is 127 cm³/mol. The van der Waals surface area contributed by atoms with Crippen molar-refractivity contribution < 1.29 is 14.3 Å². The van der Waals surface area contributed by atoms with Crippen molar-refractivity contribution in [2.75, 3.05) is 5.32 Å². The molecule has 0 fully saturated rings. The maximum atomic E-state index is 12.4. The summed E-state index contributed by atoms with van der Waals surface area (Å²) in [7, 11) is 0. The van der Waals surface area contributed by atoms with Gasteiger partial charge in [-0.1, -0.05) is 84.9 Å². The number of amides is 1. The smallest absolute Gasteiger partial charge is 0.311 e. The maximum Gasteiger partial charge on any atom is 0.311 e. The first-order valence-corrected chi connectivity index (χ1v) is 11.1. The van der Waals surface area contributed by atoms with Crippen LogP contribution in [0.5, 0.6) is 0 Å². The number of aromatic nitrogens is 1. The van der Waals surface area contributed by atoms with Crippen LogP contribution in [-0.2, 0) is 20.7 Å². The average Bonchev–Trinajstić information content (AvgIpc) is 3.29. The number of esters is 1. The van der Waals surface area contributed by atoms with Gasteiger partial charge in [0.2, 0.25) is 0 Å². The van der Waals surface area contributed by atoms with Gasteiger partial charge in [-0.05, 0) is 23.6 Å². The highest BCUT2D eigenvalue weighted by atomic mass is 32.1. The largest absolute Gasteiger partial charge is 0.452 e. The Morgan fingerprint density at radius 3 is 2.12 bits per heavy atom. The molecule has 0 aliphatic rings. The molecule has 0 aliphatic heterocycles. The van der Waals surface area contributed by atoms with Gasteiger partial charge in [0.25, 0.3) is 5.91 Å². The van der Waals surface area contributed by atoms with E-state index in [4.69, 9.17) is 4.74 Å². The Kier molecular flexibility index (Phi) is 6.72. The van der Waals surface area contributed by atoms with Gasteiger partial charge in [0.05, 0.1) is 12.1 Å². The summed E-state index contributed by atoms with van der Waals surface area (Å²) in [6.07, 6.45) is -0.822. The number of hydrogen-bond donors (Lipinski definition) is 1. The lowest BCUT2D eigenvalue weighted by Crippen LogP contribution is -2.30. The molecule has 0 bridgehead atoms. The molecule has 0 radical (unpaired) electrons. The number of nitrogens with zero attached hydrogens (tertiary/aromatic N) is 1. The standard InChI is InChI=1S/C26H22N2O3S/c1-18(25(30)28-26-27-23(17-32-26)22-10-6-3-7-11-22)31-24(29)16-19-12-14-21(15-13-19)20-8-4-2-5-9-20/h2-15,17-18H,16H2,1H3,(H,27,28,30). The predicted octanol–water partition coefficient (Wildman–Crippen LogP) is 5.59. The van der Waals surface area contributed by atoms with E-state index in [1.54, 1.807) is 6.92 Å². The minimum absolute atomic E-state index is 0.0993. The number of thiazole rings is 1. The molecule has 6 heteroatoms. The van der Waals surface area contributed by atoms with Crippen LogP contribution < -0.4 is 5.32 Å². The number of hydrogen-bond acceptors (Lipinski definition) is 5. The SMILES string of the molecule is CC(OC(=O)Cc1ccc(-c2ccccc2)cc1)C(=O)Nc1nc(-c2ccccc2)cs1. The van der Waals surface area contributed by atoms with Crippen molar-refractivity contribution in [1.29, 1.82) is 0 Å². The van der Waals surface area contributed by atoms with Crippen molar-refractivity contribution in [2.24, 2.45) is 0 Å². The van der Waals surface area contributed by atoms with Crippen LogP contribution >= 0.6 is 11.3 Å². The zero-order chi connectivity index (χ0) is 22.3. The first kappa shape index (κ1) is 21.5. The summed E-state index contributed by atoms with van der Waals surface area (Å²) >= 11 is 1.33. The fraction of sp³-hybridized carbons (Fsp3) is 0.115. The molecule has 32 heavy (non-hydrogen) atoms. The molecule has 1 N–H and O–H groups in total. The molecular weight excluding hydrogens is 420 g/mol. The lowest BCUT2D eigenvalue weighted by Gasteiger charge is -2.12. The van der Waals surface area contributed by atoms with Crippen molar-refractivity contribution >= 4 is 28.3 Å². The number of benzene rings is 3. The third kappa shape index (κ3) is 5.47. The Labute approximate surface area is 190 Å². The third-order valence-corrected chi connectivity index (χ3v) is 5.65. The summed E-state index contributed by atoms with van der Waals surface area (Å²) in [6, 6.07) is 27.5. The van der Waals surface area contributed by atoms with Gasteiger partial charge in [0, 0.05) is 10.9 Å². The van der Waals surface area contributed by atoms with Gasteiger partial charge in [0.1, 0.15) is 0 Å². The number of carbonyl (C=O) groups is 2. The van der Waals surface area contributed by atoms with E-state index in [0.717, 1.165) is 27.9 Å². The topological polar surface area (TPSA) is 68.3 Å². The Balaban J connectivity index is 1.30. The molecule has 1 atom stereocenters. The highest BCUT2D eigenvalue weighted by molar-refractivity contribution is 7.14. The van der Waals surface area contributed by atoms with Crippen molar-refractivity contribution in [3.05, 3.63) is 95.9 Å². The highest BCUT2D eigenvalue weighted by Crippen LogP contribution is 2.25. The number of carbonyl (C=O) groups excluding carboxylic acids is 2. The van der Waals surface area contributed by atoms with E-state index in [1.165, 1.54) is 11.3 Å². The van der Waals surface area contributed by atoms with E-state index >= 15 is 0 Å². The molecule has 0 aliphatic carbocycles. The average molecular weight is 443 g/mol. The van der Waals surface area contributed by atoms with Gasteiger partial charge >= 0.3 is 5.97 Å². The molecule has 3 aromatic carbocycles. The van der Waals surface area contributed by atoms with Crippen LogP contribution in [0.25, 0.3) is 22.4 Å². The zero-order valence-electron chi connectivity index (χ0n) is 17.5. The summed E-state index contributed by atoms with van der Waals surface area (Å²) in [6.45, 7) is 1.55. The van der Waals surface area contributed by atoms with E-state index in [2.05, 4.69) is 10.3 Å². The van der Waals surface area contributed by atoms with Crippen molar-refractivity contribution in [1.82, 2.24) is 4.98 Å². The molecule has 5 nitrogen and oxygen atoms in total. The highest BCUT2D eigenvalue weighted by Gasteiger charge is 2.19. The summed E-state index contributed by atoms with van der Waals surface area (Å²) in [4.78, 5) is 29.2. The first-order chi connectivity index (χ1) is 15.6. The zero-order valence-corrected chi connectivity index (χ0v) is 18.3. The fourth-order valence-electron chi connectivity index (χ4n) is 3.18. The summed E-state index contributed by atoms with van der Waals surface area (Å²) < 4.78 is 5.32. The van der Waals surface area contributed by atoms with Gasteiger partial charge in [-0.3, -0.25) is 14.9 Å². The molecule has 4 rings (SSSR count). The summed E-state index contributed by atoms with van der Waals surface area (Å²) in [5.41, 5.74) is 4.78. The number of nitrogens with one attached hydrogen (secondary N) is 1. The molecule has 1 unspecified atom stereocenters. The number of ether oxygens (including phenoxy) is 1. The van der Waals surface area contributed by atoms with Gasteiger partial charge in [-0.25, -0.2) is 4.98 Å². The van der Waals surface area contributed by atoms with Crippen LogP contribution in [-0.4, -0.2) is 23.0 Å². The van der Waals surface area contributed by atoms with E-state index in [0.29, 0.717) is 5.13 Å². The van der Waals surface area contributed by atoms with Gasteiger partial charge in [-0.2, -0.15) is 0 Å². The van der Waals surface area contributed by atoms with E-state index in [-0.39, 0.29) is 6.42 Å². The Bertz CT molecular complexity index is 1190. The molecule has 1 heterocycles. The molecule has 1 aromatic heterocycles. The van der Waals surface area contributed by atoms with Gasteiger partial charge in [-0.15, -0.1) is 11.3 Å². The van der Waals surface area contributed by atoms with Crippen molar-refractivity contribution in [3.63, 3.8) is 0 Å². The van der Waals surface area contributed by atoms with Crippen LogP contribution in [0.15, 0.2) is 90.3 Å². The van der Waals surface area contributed by atoms with Crippen LogP contribution in [0.3, 0.4) is 0 Å². The number of anilines is 1. The molecule has 4 aromatic rings. The Hall–Kier alpha value is -3.77. The third-order valence-electron chi connectivity index (χ3n) is 4.89. The van der Waals surface area contributed by atoms with Crippen LogP contribution in [0, 0.1) is 0 Å². The quantitative estimate of drug-likeness (QED) is 0.379. The first-order valence-electron chi connectivity index (χ1n) is 10.2. The second-order valence-electron chi connectivity index (χ2n) is 7.26. The number of rotatable bonds is 7. The second-order valence-corrected chi connectivity index (χ2v) is 8.12. The van der Waals surface area contributed by atoms with Crippen molar-refractivity contribution in [3.8, 4) is 22.4 Å². The molecule has 0 spiro atoms. The summed E-state index contributed by atoms with van der Waals surface area (Å²) in [5, 5.41) is 5.06. The molecule has 0 saturated heterocycles. The van der Waals surface area contributed by atoms with E-state index in [1.807, 2.05) is 90.3 Å². The summed E-state index contributed by atoms with van der Waals surface area (Å²) in [5.74, 6) is -0.865. The van der Waals surface area contributed by atoms with Crippen LogP contribution in [0.2, 0.25) is 0 Å². The fourth-order valence-corrected chi connectivity index (χ4v) is 3.91. The molecular formula is C26H22N2O3S. The molecule has 1 amide bonds. The minimum Gasteiger partial charge on any atom is -0.452 e. The van der Waals surface area contributed by atoms with Gasteiger partial charge < -0.3 is 4.74 Å². The van der Waals surface area contributed by atoms with Crippen LogP contribution in [0.4, 0.5) is 5.13 Å². The van der Waals surface area contributed by atoms with Crippen molar-refractivity contribution in [2.45, 2.75) is 19.4 Å².